The summed E-state index contributed by atoms with van der Waals surface area (Å²) in [5.74, 6) is 1.35. The highest BCUT2D eigenvalue weighted by Crippen LogP contribution is 2.16. The second-order valence-electron chi connectivity index (χ2n) is 5.27. The second kappa shape index (κ2) is 6.70. The summed E-state index contributed by atoms with van der Waals surface area (Å²) in [4.78, 5) is 11.2. The Balaban J connectivity index is 2.00. The molecule has 1 atom stereocenters. The molecule has 19 heavy (non-hydrogen) atoms. The topological polar surface area (TPSA) is 50.3 Å². The molecule has 5 heteroatoms. The lowest BCUT2D eigenvalue weighted by Gasteiger charge is -2.30. The maximum absolute atomic E-state index is 5.59. The molecular formula is C14H24N4O. The maximum Gasteiger partial charge on any atom is 0.226 e. The second-order valence-corrected chi connectivity index (χ2v) is 5.27. The van der Waals surface area contributed by atoms with E-state index in [1.165, 1.54) is 19.4 Å². The molecule has 2 heterocycles. The highest BCUT2D eigenvalue weighted by molar-refractivity contribution is 5.32. The monoisotopic (exact) mass is 264 g/mol. The minimum absolute atomic E-state index is 0.430. The first-order valence-electron chi connectivity index (χ1n) is 7.11. The normalized spacial score (nSPS) is 20.3. The van der Waals surface area contributed by atoms with E-state index >= 15 is 0 Å². The molecule has 0 spiro atoms. The van der Waals surface area contributed by atoms with Crippen LogP contribution in [0.25, 0.3) is 0 Å². The molecule has 0 radical (unpaired) electrons. The van der Waals surface area contributed by atoms with Crippen molar-refractivity contribution >= 4 is 5.95 Å². The summed E-state index contributed by atoms with van der Waals surface area (Å²) in [6, 6.07) is 2.31. The molecule has 2 rings (SSSR count). The largest absolute Gasteiger partial charge is 0.478 e. The van der Waals surface area contributed by atoms with Crippen LogP contribution >= 0.6 is 0 Å². The Morgan fingerprint density at radius 2 is 2.32 bits per heavy atom. The van der Waals surface area contributed by atoms with Crippen molar-refractivity contribution in [2.24, 2.45) is 0 Å². The third-order valence-electron chi connectivity index (χ3n) is 3.24. The summed E-state index contributed by atoms with van der Waals surface area (Å²) in [5.41, 5.74) is 0.938. The third kappa shape index (κ3) is 4.35. The Morgan fingerprint density at radius 1 is 1.47 bits per heavy atom. The van der Waals surface area contributed by atoms with Crippen LogP contribution < -0.4 is 10.1 Å². The van der Waals surface area contributed by atoms with E-state index < -0.39 is 0 Å². The average Bonchev–Trinajstić information content (AvgIpc) is 2.35. The zero-order chi connectivity index (χ0) is 13.7. The van der Waals surface area contributed by atoms with Gasteiger partial charge < -0.3 is 15.0 Å². The molecule has 5 nitrogen and oxygen atoms in total. The van der Waals surface area contributed by atoms with Gasteiger partial charge in [-0.2, -0.15) is 4.98 Å². The molecule has 1 saturated heterocycles. The van der Waals surface area contributed by atoms with Gasteiger partial charge in [-0.3, -0.25) is 0 Å². The number of anilines is 1. The lowest BCUT2D eigenvalue weighted by molar-refractivity contribution is 0.260. The van der Waals surface area contributed by atoms with Crippen LogP contribution in [0.2, 0.25) is 0 Å². The van der Waals surface area contributed by atoms with Gasteiger partial charge in [0.25, 0.3) is 0 Å². The van der Waals surface area contributed by atoms with E-state index in [0.29, 0.717) is 24.5 Å². The summed E-state index contributed by atoms with van der Waals surface area (Å²) in [6.07, 6.45) is 3.38. The summed E-state index contributed by atoms with van der Waals surface area (Å²) in [6.45, 7) is 6.98. The number of hydrogen-bond acceptors (Lipinski definition) is 5. The van der Waals surface area contributed by atoms with Crippen LogP contribution in [0.5, 0.6) is 5.88 Å². The van der Waals surface area contributed by atoms with Crippen molar-refractivity contribution < 1.29 is 4.74 Å². The summed E-state index contributed by atoms with van der Waals surface area (Å²) >= 11 is 0. The zero-order valence-corrected chi connectivity index (χ0v) is 12.1. The van der Waals surface area contributed by atoms with E-state index in [9.17, 15) is 0 Å². The lowest BCUT2D eigenvalue weighted by Crippen LogP contribution is -2.40. The van der Waals surface area contributed by atoms with E-state index in [4.69, 9.17) is 4.74 Å². The van der Waals surface area contributed by atoms with Gasteiger partial charge >= 0.3 is 0 Å². The Morgan fingerprint density at radius 3 is 3.05 bits per heavy atom. The number of nitrogens with one attached hydrogen (secondary N) is 1. The predicted molar refractivity (Wildman–Crippen MR) is 76.7 cm³/mol. The number of aromatic nitrogens is 2. The van der Waals surface area contributed by atoms with Crippen molar-refractivity contribution in [1.29, 1.82) is 0 Å². The molecular weight excluding hydrogens is 240 g/mol. The van der Waals surface area contributed by atoms with E-state index in [-0.39, 0.29) is 0 Å². The van der Waals surface area contributed by atoms with Gasteiger partial charge in [-0.15, -0.1) is 0 Å². The van der Waals surface area contributed by atoms with Crippen molar-refractivity contribution in [3.8, 4) is 5.88 Å². The third-order valence-corrected chi connectivity index (χ3v) is 3.24. The Hall–Kier alpha value is -1.36. The average molecular weight is 264 g/mol. The van der Waals surface area contributed by atoms with Gasteiger partial charge in [-0.05, 0) is 39.8 Å². The number of ether oxygens (including phenoxy) is 1. The van der Waals surface area contributed by atoms with Gasteiger partial charge in [0, 0.05) is 24.3 Å². The van der Waals surface area contributed by atoms with Gasteiger partial charge in [0.05, 0.1) is 6.61 Å². The van der Waals surface area contributed by atoms with Gasteiger partial charge in [-0.1, -0.05) is 6.92 Å². The fraction of sp³-hybridized carbons (Fsp3) is 0.714. The van der Waals surface area contributed by atoms with Crippen molar-refractivity contribution in [2.75, 3.05) is 32.1 Å². The van der Waals surface area contributed by atoms with E-state index in [1.807, 2.05) is 13.0 Å². The summed E-state index contributed by atoms with van der Waals surface area (Å²) in [5, 5.41) is 3.43. The van der Waals surface area contributed by atoms with Crippen molar-refractivity contribution in [1.82, 2.24) is 14.9 Å². The minimum atomic E-state index is 0.430. The van der Waals surface area contributed by atoms with Gasteiger partial charge in [0.2, 0.25) is 11.8 Å². The van der Waals surface area contributed by atoms with Gasteiger partial charge in [-0.25, -0.2) is 4.98 Å². The van der Waals surface area contributed by atoms with E-state index in [2.05, 4.69) is 34.2 Å². The zero-order valence-electron chi connectivity index (χ0n) is 12.1. The fourth-order valence-electron chi connectivity index (χ4n) is 2.35. The Bertz CT molecular complexity index is 410. The first kappa shape index (κ1) is 14.1. The molecule has 1 aliphatic rings. The summed E-state index contributed by atoms with van der Waals surface area (Å²) < 4.78 is 5.59. The standard InChI is InChI=1S/C14H24N4O/c1-4-8-19-13-9-11(2)15-14(17-13)16-12-6-5-7-18(3)10-12/h9,12H,4-8,10H2,1-3H3,(H,15,16,17). The molecule has 1 N–H and O–H groups in total. The summed E-state index contributed by atoms with van der Waals surface area (Å²) in [7, 11) is 2.15. The quantitative estimate of drug-likeness (QED) is 0.882. The number of rotatable bonds is 5. The molecule has 0 bridgehead atoms. The van der Waals surface area contributed by atoms with Crippen molar-refractivity contribution in [2.45, 2.75) is 39.2 Å². The van der Waals surface area contributed by atoms with Gasteiger partial charge in [0.15, 0.2) is 0 Å². The SMILES string of the molecule is CCCOc1cc(C)nc(NC2CCCN(C)C2)n1. The lowest BCUT2D eigenvalue weighted by atomic mass is 10.1. The minimum Gasteiger partial charge on any atom is -0.478 e. The molecule has 1 fully saturated rings. The van der Waals surface area contributed by atoms with Crippen molar-refractivity contribution in [3.63, 3.8) is 0 Å². The number of aryl methyl sites for hydroxylation is 1. The molecule has 1 aromatic rings. The Kier molecular flexibility index (Phi) is 4.96. The van der Waals surface area contributed by atoms with Crippen LogP contribution in [-0.4, -0.2) is 47.7 Å². The maximum atomic E-state index is 5.59. The van der Waals surface area contributed by atoms with Crippen LogP contribution in [0.1, 0.15) is 31.9 Å². The molecule has 0 amide bonds. The van der Waals surface area contributed by atoms with Crippen LogP contribution in [0.3, 0.4) is 0 Å². The molecule has 0 aromatic carbocycles. The smallest absolute Gasteiger partial charge is 0.226 e. The molecule has 106 valence electrons. The van der Waals surface area contributed by atoms with Crippen molar-refractivity contribution in [3.05, 3.63) is 11.8 Å². The molecule has 0 saturated carbocycles. The molecule has 0 aliphatic carbocycles. The van der Waals surface area contributed by atoms with E-state index in [0.717, 1.165) is 18.7 Å². The van der Waals surface area contributed by atoms with E-state index in [1.54, 1.807) is 0 Å². The van der Waals surface area contributed by atoms with Gasteiger partial charge in [0.1, 0.15) is 0 Å². The fourth-order valence-corrected chi connectivity index (χ4v) is 2.35. The van der Waals surface area contributed by atoms with Crippen LogP contribution in [0.4, 0.5) is 5.95 Å². The number of nitrogens with zero attached hydrogens (tertiary/aromatic N) is 3. The highest BCUT2D eigenvalue weighted by Gasteiger charge is 2.18. The Labute approximate surface area is 115 Å². The first-order valence-corrected chi connectivity index (χ1v) is 7.11. The molecule has 1 unspecified atom stereocenters. The van der Waals surface area contributed by atoms with Crippen LogP contribution in [0, 0.1) is 6.92 Å². The highest BCUT2D eigenvalue weighted by atomic mass is 16.5. The van der Waals surface area contributed by atoms with Crippen LogP contribution in [0.15, 0.2) is 6.07 Å². The predicted octanol–water partition coefficient (Wildman–Crippen LogP) is 2.08. The molecule has 1 aliphatic heterocycles. The first-order chi connectivity index (χ1) is 9.17. The molecule has 1 aromatic heterocycles. The number of likely N-dealkylation sites (tertiary alicyclic amines) is 1. The number of piperidine rings is 1. The number of hydrogen-bond donors (Lipinski definition) is 1. The van der Waals surface area contributed by atoms with Crippen LogP contribution in [-0.2, 0) is 0 Å². The number of likely N-dealkylation sites (N-methyl/N-ethyl adjacent to an activating group) is 1.